The molecule has 19 heavy (non-hydrogen) atoms. The number of benzene rings is 1. The first-order chi connectivity index (χ1) is 9.31. The number of anilines is 1. The van der Waals surface area contributed by atoms with Gasteiger partial charge in [0.05, 0.1) is 6.61 Å². The molecule has 1 atom stereocenters. The zero-order valence-corrected chi connectivity index (χ0v) is 11.7. The lowest BCUT2D eigenvalue weighted by molar-refractivity contribution is 0.156. The highest BCUT2D eigenvalue weighted by atomic mass is 16.5. The average molecular weight is 261 g/mol. The lowest BCUT2D eigenvalue weighted by atomic mass is 9.98. The van der Waals surface area contributed by atoms with Crippen molar-refractivity contribution in [2.45, 2.75) is 51.7 Å². The number of unbranched alkanes of at least 4 members (excludes halogenated alkanes) is 2. The first-order valence-corrected chi connectivity index (χ1v) is 7.53. The van der Waals surface area contributed by atoms with E-state index in [4.69, 9.17) is 4.74 Å². The average Bonchev–Trinajstić information content (AvgIpc) is 2.87. The van der Waals surface area contributed by atoms with Crippen LogP contribution in [0.1, 0.15) is 43.7 Å². The summed E-state index contributed by atoms with van der Waals surface area (Å²) in [7, 11) is 0. The summed E-state index contributed by atoms with van der Waals surface area (Å²) in [5.41, 5.74) is 3.94. The van der Waals surface area contributed by atoms with Gasteiger partial charge >= 0.3 is 0 Å². The summed E-state index contributed by atoms with van der Waals surface area (Å²) >= 11 is 0. The maximum absolute atomic E-state index is 10.1. The molecule has 0 radical (unpaired) electrons. The van der Waals surface area contributed by atoms with E-state index in [9.17, 15) is 5.11 Å². The highest BCUT2D eigenvalue weighted by Gasteiger charge is 2.32. The van der Waals surface area contributed by atoms with Crippen LogP contribution in [0, 0.1) is 0 Å². The van der Waals surface area contributed by atoms with E-state index in [-0.39, 0.29) is 6.23 Å². The van der Waals surface area contributed by atoms with Gasteiger partial charge in [-0.2, -0.15) is 0 Å². The van der Waals surface area contributed by atoms with Crippen molar-refractivity contribution >= 4 is 5.69 Å². The van der Waals surface area contributed by atoms with Gasteiger partial charge in [-0.3, -0.25) is 0 Å². The molecule has 0 saturated heterocycles. The Morgan fingerprint density at radius 3 is 3.05 bits per heavy atom. The Morgan fingerprint density at radius 2 is 2.21 bits per heavy atom. The fourth-order valence-electron chi connectivity index (χ4n) is 3.22. The second-order valence-electron chi connectivity index (χ2n) is 5.57. The summed E-state index contributed by atoms with van der Waals surface area (Å²) < 4.78 is 5.95. The number of aliphatic hydroxyl groups is 1. The SMILES string of the molecule is CCCCCOc1ccc2c3c1CCN3C(O)CC2. The molecule has 0 aromatic heterocycles. The third-order valence-corrected chi connectivity index (χ3v) is 4.25. The first-order valence-electron chi connectivity index (χ1n) is 7.53. The quantitative estimate of drug-likeness (QED) is 0.827. The molecule has 3 nitrogen and oxygen atoms in total. The molecular weight excluding hydrogens is 238 g/mol. The molecule has 104 valence electrons. The number of hydrogen-bond acceptors (Lipinski definition) is 3. The lowest BCUT2D eigenvalue weighted by Crippen LogP contribution is -2.37. The van der Waals surface area contributed by atoms with Crippen molar-refractivity contribution in [1.82, 2.24) is 0 Å². The van der Waals surface area contributed by atoms with Crippen LogP contribution in [-0.4, -0.2) is 24.5 Å². The summed E-state index contributed by atoms with van der Waals surface area (Å²) in [5.74, 6) is 1.03. The van der Waals surface area contributed by atoms with Crippen molar-refractivity contribution < 1.29 is 9.84 Å². The summed E-state index contributed by atoms with van der Waals surface area (Å²) in [6.45, 7) is 3.94. The van der Waals surface area contributed by atoms with Gasteiger partial charge in [0.25, 0.3) is 0 Å². The number of nitrogens with zero attached hydrogens (tertiary/aromatic N) is 1. The number of aryl methyl sites for hydroxylation is 1. The van der Waals surface area contributed by atoms with Crippen molar-refractivity contribution in [3.05, 3.63) is 23.3 Å². The van der Waals surface area contributed by atoms with E-state index in [2.05, 4.69) is 24.0 Å². The summed E-state index contributed by atoms with van der Waals surface area (Å²) in [6, 6.07) is 4.31. The Morgan fingerprint density at radius 1 is 1.32 bits per heavy atom. The number of rotatable bonds is 5. The minimum atomic E-state index is -0.302. The van der Waals surface area contributed by atoms with Gasteiger partial charge in [0.2, 0.25) is 0 Å². The van der Waals surface area contributed by atoms with E-state index in [0.29, 0.717) is 0 Å². The number of aliphatic hydroxyl groups excluding tert-OH is 1. The lowest BCUT2D eigenvalue weighted by Gasteiger charge is -2.32. The molecule has 0 aliphatic carbocycles. The molecule has 3 heteroatoms. The topological polar surface area (TPSA) is 32.7 Å². The second-order valence-corrected chi connectivity index (χ2v) is 5.57. The Bertz CT molecular complexity index is 458. The van der Waals surface area contributed by atoms with Gasteiger partial charge in [0.15, 0.2) is 0 Å². The van der Waals surface area contributed by atoms with Crippen LogP contribution in [0.3, 0.4) is 0 Å². The van der Waals surface area contributed by atoms with Gasteiger partial charge in [0, 0.05) is 17.8 Å². The molecule has 1 unspecified atom stereocenters. The largest absolute Gasteiger partial charge is 0.493 e. The highest BCUT2D eigenvalue weighted by Crippen LogP contribution is 2.42. The zero-order chi connectivity index (χ0) is 13.2. The second kappa shape index (κ2) is 5.41. The van der Waals surface area contributed by atoms with Crippen LogP contribution >= 0.6 is 0 Å². The van der Waals surface area contributed by atoms with Crippen LogP contribution in [0.5, 0.6) is 5.75 Å². The smallest absolute Gasteiger partial charge is 0.127 e. The maximum atomic E-state index is 10.1. The van der Waals surface area contributed by atoms with Crippen LogP contribution in [0.2, 0.25) is 0 Å². The monoisotopic (exact) mass is 261 g/mol. The van der Waals surface area contributed by atoms with Crippen LogP contribution in [0.25, 0.3) is 0 Å². The normalized spacial score (nSPS) is 20.5. The van der Waals surface area contributed by atoms with Crippen LogP contribution in [0.4, 0.5) is 5.69 Å². The molecule has 1 aromatic rings. The fourth-order valence-corrected chi connectivity index (χ4v) is 3.22. The molecule has 1 N–H and O–H groups in total. The molecule has 2 aliphatic heterocycles. The van der Waals surface area contributed by atoms with E-state index < -0.39 is 0 Å². The van der Waals surface area contributed by atoms with Crippen LogP contribution in [0.15, 0.2) is 12.1 Å². The van der Waals surface area contributed by atoms with Gasteiger partial charge in [0.1, 0.15) is 12.0 Å². The van der Waals surface area contributed by atoms with Gasteiger partial charge in [-0.15, -0.1) is 0 Å². The third-order valence-electron chi connectivity index (χ3n) is 4.25. The molecular formula is C16H23NO2. The fraction of sp³-hybridized carbons (Fsp3) is 0.625. The highest BCUT2D eigenvalue weighted by molar-refractivity contribution is 5.69. The van der Waals surface area contributed by atoms with Gasteiger partial charge in [-0.05, 0) is 37.3 Å². The molecule has 0 fully saturated rings. The summed E-state index contributed by atoms with van der Waals surface area (Å²) in [6.07, 6.45) is 6.11. The third kappa shape index (κ3) is 2.32. The summed E-state index contributed by atoms with van der Waals surface area (Å²) in [4.78, 5) is 2.15. The standard InChI is InChI=1S/C16H23NO2/c1-2-3-4-11-19-14-7-5-12-6-8-15(18)17-10-9-13(14)16(12)17/h5,7,15,18H,2-4,6,8-11H2,1H3. The summed E-state index contributed by atoms with van der Waals surface area (Å²) in [5, 5.41) is 10.1. The Kier molecular flexibility index (Phi) is 3.65. The zero-order valence-electron chi connectivity index (χ0n) is 11.7. The van der Waals surface area contributed by atoms with E-state index in [0.717, 1.165) is 44.6 Å². The molecule has 0 saturated carbocycles. The van der Waals surface area contributed by atoms with Gasteiger partial charge < -0.3 is 14.7 Å². The number of ether oxygens (including phenoxy) is 1. The predicted molar refractivity (Wildman–Crippen MR) is 76.8 cm³/mol. The minimum absolute atomic E-state index is 0.302. The van der Waals surface area contributed by atoms with Crippen molar-refractivity contribution in [2.75, 3.05) is 18.1 Å². The van der Waals surface area contributed by atoms with Crippen molar-refractivity contribution in [3.8, 4) is 5.75 Å². The molecule has 0 amide bonds. The maximum Gasteiger partial charge on any atom is 0.127 e. The molecule has 1 aromatic carbocycles. The van der Waals surface area contributed by atoms with Gasteiger partial charge in [-0.25, -0.2) is 0 Å². The van der Waals surface area contributed by atoms with Crippen molar-refractivity contribution in [2.24, 2.45) is 0 Å². The molecule has 3 rings (SSSR count). The van der Waals surface area contributed by atoms with E-state index in [1.807, 2.05) is 0 Å². The molecule has 0 bridgehead atoms. The molecule has 2 heterocycles. The Labute approximate surface area is 115 Å². The van der Waals surface area contributed by atoms with Crippen LogP contribution < -0.4 is 9.64 Å². The molecule has 0 spiro atoms. The van der Waals surface area contributed by atoms with Crippen molar-refractivity contribution in [3.63, 3.8) is 0 Å². The first kappa shape index (κ1) is 12.8. The minimum Gasteiger partial charge on any atom is -0.493 e. The predicted octanol–water partition coefficient (Wildman–Crippen LogP) is 2.88. The van der Waals surface area contributed by atoms with Crippen LogP contribution in [-0.2, 0) is 12.8 Å². The van der Waals surface area contributed by atoms with E-state index in [1.165, 1.54) is 29.7 Å². The van der Waals surface area contributed by atoms with E-state index in [1.54, 1.807) is 0 Å². The number of hydrogen-bond donors (Lipinski definition) is 1. The molecule has 2 aliphatic rings. The Hall–Kier alpha value is -1.22. The Balaban J connectivity index is 1.79. The van der Waals surface area contributed by atoms with Gasteiger partial charge in [-0.1, -0.05) is 25.8 Å². The van der Waals surface area contributed by atoms with Crippen molar-refractivity contribution in [1.29, 1.82) is 0 Å². The van der Waals surface area contributed by atoms with E-state index >= 15 is 0 Å².